The van der Waals surface area contributed by atoms with E-state index in [0.717, 1.165) is 0 Å². The quantitative estimate of drug-likeness (QED) is 0.487. The molecule has 0 saturated heterocycles. The van der Waals surface area contributed by atoms with Crippen molar-refractivity contribution in [3.63, 3.8) is 0 Å². The molecule has 0 amide bonds. The van der Waals surface area contributed by atoms with Gasteiger partial charge >= 0.3 is 0 Å². The van der Waals surface area contributed by atoms with Crippen molar-refractivity contribution in [1.82, 2.24) is 0 Å². The summed E-state index contributed by atoms with van der Waals surface area (Å²) >= 11 is 1.81. The van der Waals surface area contributed by atoms with Gasteiger partial charge in [0.1, 0.15) is 0 Å². The molecule has 1 nitrogen and oxygen atoms in total. The van der Waals surface area contributed by atoms with Crippen molar-refractivity contribution in [1.29, 1.82) is 0 Å². The number of aryl methyl sites for hydroxylation is 2. The molecule has 1 aromatic heterocycles. The van der Waals surface area contributed by atoms with Crippen molar-refractivity contribution in [3.05, 3.63) is 58.0 Å². The van der Waals surface area contributed by atoms with Crippen molar-refractivity contribution in [2.24, 2.45) is 0 Å². The molecule has 0 fully saturated rings. The minimum Gasteiger partial charge on any atom is -0.354 e. The minimum absolute atomic E-state index is 0.160. The smallest absolute Gasteiger partial charge is 0.0573 e. The van der Waals surface area contributed by atoms with Gasteiger partial charge in [-0.15, -0.1) is 11.3 Å². The number of anilines is 2. The van der Waals surface area contributed by atoms with Gasteiger partial charge in [-0.3, -0.25) is 0 Å². The predicted molar refractivity (Wildman–Crippen MR) is 118 cm³/mol. The average molecular weight is 366 g/mol. The molecule has 1 heterocycles. The van der Waals surface area contributed by atoms with Crippen LogP contribution in [-0.2, 0) is 10.8 Å². The van der Waals surface area contributed by atoms with Crippen molar-refractivity contribution in [3.8, 4) is 0 Å². The number of benzene rings is 2. The van der Waals surface area contributed by atoms with E-state index in [-0.39, 0.29) is 10.8 Å². The van der Waals surface area contributed by atoms with E-state index in [0.29, 0.717) is 0 Å². The molecule has 0 atom stereocenters. The Morgan fingerprint density at radius 2 is 1.35 bits per heavy atom. The Hall–Kier alpha value is -1.80. The van der Waals surface area contributed by atoms with Gasteiger partial charge in [0.15, 0.2) is 0 Å². The lowest BCUT2D eigenvalue weighted by atomic mass is 9.84. The monoisotopic (exact) mass is 365 g/mol. The molecular weight excluding hydrogens is 334 g/mol. The van der Waals surface area contributed by atoms with Gasteiger partial charge in [-0.2, -0.15) is 0 Å². The lowest BCUT2D eigenvalue weighted by molar-refractivity contribution is 0.589. The summed E-state index contributed by atoms with van der Waals surface area (Å²) in [6, 6.07) is 11.5. The molecule has 26 heavy (non-hydrogen) atoms. The second-order valence-corrected chi connectivity index (χ2v) is 10.4. The van der Waals surface area contributed by atoms with Crippen molar-refractivity contribution < 1.29 is 0 Å². The fourth-order valence-corrected chi connectivity index (χ4v) is 4.19. The van der Waals surface area contributed by atoms with Crippen molar-refractivity contribution >= 4 is 32.8 Å². The fraction of sp³-hybridized carbons (Fsp3) is 0.417. The van der Waals surface area contributed by atoms with E-state index in [4.69, 9.17) is 0 Å². The van der Waals surface area contributed by atoms with E-state index in [1.165, 1.54) is 43.7 Å². The summed E-state index contributed by atoms with van der Waals surface area (Å²) in [7, 11) is 0. The van der Waals surface area contributed by atoms with Gasteiger partial charge in [-0.05, 0) is 59.1 Å². The van der Waals surface area contributed by atoms with E-state index < -0.39 is 0 Å². The second kappa shape index (κ2) is 6.42. The minimum atomic E-state index is 0.160. The molecule has 3 rings (SSSR count). The van der Waals surface area contributed by atoms with Crippen LogP contribution < -0.4 is 5.32 Å². The second-order valence-electron chi connectivity index (χ2n) is 9.47. The molecule has 0 aliphatic carbocycles. The fourth-order valence-electron chi connectivity index (χ4n) is 3.32. The van der Waals surface area contributed by atoms with E-state index in [2.05, 4.69) is 96.4 Å². The first-order valence-corrected chi connectivity index (χ1v) is 10.3. The third-order valence-electron chi connectivity index (χ3n) is 5.10. The van der Waals surface area contributed by atoms with Gasteiger partial charge in [0.2, 0.25) is 0 Å². The SMILES string of the molecule is Cc1cc(C(C)(C)C)cc(C)c1Nc1csc2ccc(C(C)(C)C)cc12. The van der Waals surface area contributed by atoms with Crippen LogP contribution in [0.15, 0.2) is 35.7 Å². The van der Waals surface area contributed by atoms with Gasteiger partial charge in [-0.25, -0.2) is 0 Å². The van der Waals surface area contributed by atoms with E-state index >= 15 is 0 Å². The summed E-state index contributed by atoms with van der Waals surface area (Å²) < 4.78 is 1.34. The summed E-state index contributed by atoms with van der Waals surface area (Å²) in [6.45, 7) is 18.0. The zero-order chi connectivity index (χ0) is 19.3. The molecule has 3 aromatic rings. The van der Waals surface area contributed by atoms with Crippen LogP contribution in [0.2, 0.25) is 0 Å². The Balaban J connectivity index is 2.04. The summed E-state index contributed by atoms with van der Waals surface area (Å²) in [5, 5.41) is 7.30. The number of thiophene rings is 1. The van der Waals surface area contributed by atoms with Crippen LogP contribution in [0.25, 0.3) is 10.1 Å². The van der Waals surface area contributed by atoms with Gasteiger partial charge in [0.05, 0.1) is 5.69 Å². The van der Waals surface area contributed by atoms with Crippen LogP contribution in [-0.4, -0.2) is 0 Å². The highest BCUT2D eigenvalue weighted by Crippen LogP contribution is 2.38. The van der Waals surface area contributed by atoms with E-state index in [9.17, 15) is 0 Å². The Bertz CT molecular complexity index is 925. The normalized spacial score (nSPS) is 12.6. The first kappa shape index (κ1) is 19.0. The lowest BCUT2D eigenvalue weighted by Crippen LogP contribution is -2.12. The van der Waals surface area contributed by atoms with Gasteiger partial charge in [-0.1, -0.05) is 59.7 Å². The van der Waals surface area contributed by atoms with Crippen molar-refractivity contribution in [2.75, 3.05) is 5.32 Å². The van der Waals surface area contributed by atoms with Crippen LogP contribution in [0, 0.1) is 13.8 Å². The Labute approximate surface area is 162 Å². The van der Waals surface area contributed by atoms with Crippen LogP contribution in [0.5, 0.6) is 0 Å². The highest BCUT2D eigenvalue weighted by molar-refractivity contribution is 7.17. The Morgan fingerprint density at radius 3 is 1.88 bits per heavy atom. The molecule has 2 heteroatoms. The maximum absolute atomic E-state index is 3.73. The molecule has 0 bridgehead atoms. The van der Waals surface area contributed by atoms with Gasteiger partial charge < -0.3 is 5.32 Å². The number of fused-ring (bicyclic) bond motifs is 1. The Morgan fingerprint density at radius 1 is 0.769 bits per heavy atom. The third kappa shape index (κ3) is 3.66. The zero-order valence-electron chi connectivity index (χ0n) is 17.4. The van der Waals surface area contributed by atoms with Gasteiger partial charge in [0.25, 0.3) is 0 Å². The lowest BCUT2D eigenvalue weighted by Gasteiger charge is -2.23. The van der Waals surface area contributed by atoms with Crippen LogP contribution in [0.4, 0.5) is 11.4 Å². The van der Waals surface area contributed by atoms with Crippen LogP contribution in [0.3, 0.4) is 0 Å². The molecule has 0 saturated carbocycles. The molecule has 2 aromatic carbocycles. The average Bonchev–Trinajstić information content (AvgIpc) is 2.91. The van der Waals surface area contributed by atoms with Gasteiger partial charge in [0, 0.05) is 21.2 Å². The van der Waals surface area contributed by atoms with Crippen LogP contribution >= 0.6 is 11.3 Å². The molecule has 138 valence electrons. The molecule has 0 aliphatic heterocycles. The molecule has 1 N–H and O–H groups in total. The van der Waals surface area contributed by atoms with E-state index in [1.807, 2.05) is 11.3 Å². The molecule has 0 radical (unpaired) electrons. The van der Waals surface area contributed by atoms with E-state index in [1.54, 1.807) is 0 Å². The largest absolute Gasteiger partial charge is 0.354 e. The highest BCUT2D eigenvalue weighted by Gasteiger charge is 2.18. The summed E-state index contributed by atoms with van der Waals surface area (Å²) in [4.78, 5) is 0. The molecule has 0 spiro atoms. The highest BCUT2D eigenvalue weighted by atomic mass is 32.1. The molecular formula is C24H31NS. The maximum atomic E-state index is 3.73. The topological polar surface area (TPSA) is 12.0 Å². The standard InChI is InChI=1S/C24H31NS/c1-15-11-18(24(6,7)8)12-16(2)22(15)25-20-14-26-21-10-9-17(13-19(20)21)23(3,4)5/h9-14,25H,1-8H3. The number of rotatable bonds is 2. The zero-order valence-corrected chi connectivity index (χ0v) is 18.2. The number of nitrogens with one attached hydrogen (secondary N) is 1. The number of hydrogen-bond acceptors (Lipinski definition) is 2. The molecule has 0 unspecified atom stereocenters. The first-order valence-electron chi connectivity index (χ1n) is 9.37. The maximum Gasteiger partial charge on any atom is 0.0573 e. The Kier molecular flexibility index (Phi) is 4.69. The third-order valence-corrected chi connectivity index (χ3v) is 6.06. The van der Waals surface area contributed by atoms with Crippen molar-refractivity contribution in [2.45, 2.75) is 66.2 Å². The first-order chi connectivity index (χ1) is 12.0. The molecule has 0 aliphatic rings. The summed E-state index contributed by atoms with van der Waals surface area (Å²) in [5.41, 5.74) is 8.16. The predicted octanol–water partition coefficient (Wildman–Crippen LogP) is 7.86. The number of hydrogen-bond donors (Lipinski definition) is 1. The van der Waals surface area contributed by atoms with Crippen LogP contribution in [0.1, 0.15) is 63.8 Å². The summed E-state index contributed by atoms with van der Waals surface area (Å²) in [6.07, 6.45) is 0. The summed E-state index contributed by atoms with van der Waals surface area (Å²) in [5.74, 6) is 0.